The molecule has 2 nitrogen and oxygen atoms in total. The van der Waals surface area contributed by atoms with Gasteiger partial charge < -0.3 is 10.4 Å². The third-order valence-corrected chi connectivity index (χ3v) is 2.90. The Kier molecular flexibility index (Phi) is 5.40. The van der Waals surface area contributed by atoms with Gasteiger partial charge in [-0.2, -0.15) is 0 Å². The summed E-state index contributed by atoms with van der Waals surface area (Å²) in [6.07, 6.45) is 7.81. The van der Waals surface area contributed by atoms with E-state index < -0.39 is 0 Å². The zero-order valence-corrected chi connectivity index (χ0v) is 8.76. The Morgan fingerprint density at radius 2 is 2.00 bits per heavy atom. The molecule has 2 N–H and O–H groups in total. The van der Waals surface area contributed by atoms with Crippen LogP contribution in [0.25, 0.3) is 0 Å². The minimum absolute atomic E-state index is 0.154. The van der Waals surface area contributed by atoms with E-state index in [-0.39, 0.29) is 6.10 Å². The average Bonchev–Trinajstić information content (AvgIpc) is 2.14. The normalized spacial score (nSPS) is 21.7. The summed E-state index contributed by atoms with van der Waals surface area (Å²) < 4.78 is 0. The quantitative estimate of drug-likeness (QED) is 0.641. The van der Waals surface area contributed by atoms with Gasteiger partial charge in [-0.15, -0.1) is 0 Å². The molecule has 2 heteroatoms. The lowest BCUT2D eigenvalue weighted by Crippen LogP contribution is -2.26. The molecule has 0 saturated heterocycles. The molecule has 1 rings (SSSR count). The number of rotatable bonds is 5. The molecule has 0 aromatic heterocycles. The molecule has 0 aliphatic heterocycles. The van der Waals surface area contributed by atoms with E-state index in [1.165, 1.54) is 32.1 Å². The molecule has 0 spiro atoms. The second-order valence-electron chi connectivity index (χ2n) is 4.35. The van der Waals surface area contributed by atoms with Gasteiger partial charge in [0.2, 0.25) is 0 Å². The number of hydrogen-bond acceptors (Lipinski definition) is 2. The van der Waals surface area contributed by atoms with Gasteiger partial charge in [0, 0.05) is 0 Å². The molecule has 1 saturated carbocycles. The molecule has 1 aliphatic carbocycles. The zero-order valence-electron chi connectivity index (χ0n) is 8.76. The van der Waals surface area contributed by atoms with Gasteiger partial charge in [-0.1, -0.05) is 19.3 Å². The van der Waals surface area contributed by atoms with Crippen molar-refractivity contribution < 1.29 is 5.11 Å². The number of nitrogens with one attached hydrogen (secondary N) is 1. The zero-order chi connectivity index (χ0) is 9.52. The molecule has 0 amide bonds. The van der Waals surface area contributed by atoms with Crippen LogP contribution in [0, 0.1) is 5.92 Å². The van der Waals surface area contributed by atoms with Crippen LogP contribution in [0.5, 0.6) is 0 Å². The van der Waals surface area contributed by atoms with Crippen LogP contribution < -0.4 is 5.32 Å². The molecule has 1 aliphatic rings. The van der Waals surface area contributed by atoms with Crippen molar-refractivity contribution in [3.05, 3.63) is 0 Å². The molecule has 0 bridgehead atoms. The van der Waals surface area contributed by atoms with Gasteiger partial charge in [0.05, 0.1) is 6.10 Å². The highest BCUT2D eigenvalue weighted by Gasteiger charge is 2.12. The molecule has 78 valence electrons. The molecule has 0 aromatic rings. The lowest BCUT2D eigenvalue weighted by molar-refractivity contribution is 0.182. The fourth-order valence-electron chi connectivity index (χ4n) is 2.01. The van der Waals surface area contributed by atoms with Gasteiger partial charge in [0.25, 0.3) is 0 Å². The van der Waals surface area contributed by atoms with E-state index in [9.17, 15) is 0 Å². The van der Waals surface area contributed by atoms with Gasteiger partial charge in [-0.05, 0) is 45.2 Å². The Balaban J connectivity index is 1.92. The Hall–Kier alpha value is -0.0800. The molecule has 0 unspecified atom stereocenters. The average molecular weight is 185 g/mol. The molecule has 13 heavy (non-hydrogen) atoms. The summed E-state index contributed by atoms with van der Waals surface area (Å²) in [6, 6.07) is 0. The predicted molar refractivity (Wildman–Crippen MR) is 55.7 cm³/mol. The summed E-state index contributed by atoms with van der Waals surface area (Å²) in [5.74, 6) is 0.905. The molecule has 0 aromatic carbocycles. The van der Waals surface area contributed by atoms with E-state index in [1.807, 2.05) is 6.92 Å². The molecule has 0 heterocycles. The summed E-state index contributed by atoms with van der Waals surface area (Å²) in [5, 5.41) is 12.5. The molecule has 1 atom stereocenters. The molecular formula is C11H23NO. The third-order valence-electron chi connectivity index (χ3n) is 2.90. The maximum absolute atomic E-state index is 9.05. The van der Waals surface area contributed by atoms with Gasteiger partial charge in [-0.3, -0.25) is 0 Å². The minimum atomic E-state index is -0.154. The molecule has 1 fully saturated rings. The monoisotopic (exact) mass is 185 g/mol. The van der Waals surface area contributed by atoms with Crippen LogP contribution in [0.4, 0.5) is 0 Å². The van der Waals surface area contributed by atoms with Crippen LogP contribution in [-0.2, 0) is 0 Å². The lowest BCUT2D eigenvalue weighted by Gasteiger charge is -2.21. The lowest BCUT2D eigenvalue weighted by atomic mass is 9.89. The predicted octanol–water partition coefficient (Wildman–Crippen LogP) is 1.93. The highest BCUT2D eigenvalue weighted by atomic mass is 16.3. The fourth-order valence-corrected chi connectivity index (χ4v) is 2.01. The molecular weight excluding hydrogens is 162 g/mol. The van der Waals surface area contributed by atoms with E-state index in [1.54, 1.807) is 0 Å². The topological polar surface area (TPSA) is 32.3 Å². The summed E-state index contributed by atoms with van der Waals surface area (Å²) >= 11 is 0. The highest BCUT2D eigenvalue weighted by molar-refractivity contribution is 4.68. The number of aliphatic hydroxyl groups excluding tert-OH is 1. The second kappa shape index (κ2) is 6.39. The Labute approximate surface area is 81.7 Å². The van der Waals surface area contributed by atoms with Crippen molar-refractivity contribution in [1.29, 1.82) is 0 Å². The summed E-state index contributed by atoms with van der Waals surface area (Å²) in [6.45, 7) is 3.98. The van der Waals surface area contributed by atoms with E-state index in [2.05, 4.69) is 5.32 Å². The van der Waals surface area contributed by atoms with Crippen molar-refractivity contribution in [3.8, 4) is 0 Å². The largest absolute Gasteiger partial charge is 0.393 e. The molecule has 0 radical (unpaired) electrons. The number of hydrogen-bond donors (Lipinski definition) is 2. The van der Waals surface area contributed by atoms with Crippen LogP contribution in [0.2, 0.25) is 0 Å². The van der Waals surface area contributed by atoms with Crippen molar-refractivity contribution >= 4 is 0 Å². The Morgan fingerprint density at radius 3 is 2.62 bits per heavy atom. The summed E-state index contributed by atoms with van der Waals surface area (Å²) in [5.41, 5.74) is 0. The van der Waals surface area contributed by atoms with E-state index in [0.29, 0.717) is 0 Å². The summed E-state index contributed by atoms with van der Waals surface area (Å²) in [7, 11) is 0. The summed E-state index contributed by atoms with van der Waals surface area (Å²) in [4.78, 5) is 0. The van der Waals surface area contributed by atoms with Crippen molar-refractivity contribution in [1.82, 2.24) is 5.32 Å². The minimum Gasteiger partial charge on any atom is -0.393 e. The van der Waals surface area contributed by atoms with Crippen LogP contribution in [-0.4, -0.2) is 24.3 Å². The van der Waals surface area contributed by atoms with Crippen LogP contribution >= 0.6 is 0 Å². The van der Waals surface area contributed by atoms with Gasteiger partial charge in [-0.25, -0.2) is 0 Å². The van der Waals surface area contributed by atoms with Crippen molar-refractivity contribution in [2.75, 3.05) is 13.1 Å². The third kappa shape index (κ3) is 5.27. The second-order valence-corrected chi connectivity index (χ2v) is 4.35. The first-order valence-corrected chi connectivity index (χ1v) is 5.68. The van der Waals surface area contributed by atoms with E-state index in [0.717, 1.165) is 25.4 Å². The first-order valence-electron chi connectivity index (χ1n) is 5.68. The van der Waals surface area contributed by atoms with Crippen LogP contribution in [0.1, 0.15) is 45.4 Å². The first-order chi connectivity index (χ1) is 6.29. The Morgan fingerprint density at radius 1 is 1.31 bits per heavy atom. The standard InChI is InChI=1S/C11H23NO/c1-10(13)7-8-12-9-11-5-3-2-4-6-11/h10-13H,2-9H2,1H3/t10-/m1/s1. The smallest absolute Gasteiger partial charge is 0.0524 e. The maximum atomic E-state index is 9.05. The van der Waals surface area contributed by atoms with Gasteiger partial charge in [0.1, 0.15) is 0 Å². The SMILES string of the molecule is C[C@@H](O)CCNCC1CCCCC1. The Bertz CT molecular complexity index is 119. The highest BCUT2D eigenvalue weighted by Crippen LogP contribution is 2.22. The van der Waals surface area contributed by atoms with Crippen molar-refractivity contribution in [2.24, 2.45) is 5.92 Å². The maximum Gasteiger partial charge on any atom is 0.0524 e. The van der Waals surface area contributed by atoms with Crippen molar-refractivity contribution in [3.63, 3.8) is 0 Å². The fraction of sp³-hybridized carbons (Fsp3) is 1.00. The van der Waals surface area contributed by atoms with E-state index in [4.69, 9.17) is 5.11 Å². The van der Waals surface area contributed by atoms with Crippen molar-refractivity contribution in [2.45, 2.75) is 51.6 Å². The first kappa shape index (κ1) is 11.0. The van der Waals surface area contributed by atoms with Crippen LogP contribution in [0.15, 0.2) is 0 Å². The van der Waals surface area contributed by atoms with E-state index >= 15 is 0 Å². The van der Waals surface area contributed by atoms with Gasteiger partial charge >= 0.3 is 0 Å². The van der Waals surface area contributed by atoms with Gasteiger partial charge in [0.15, 0.2) is 0 Å². The van der Waals surface area contributed by atoms with Crippen LogP contribution in [0.3, 0.4) is 0 Å². The number of aliphatic hydroxyl groups is 1.